The second kappa shape index (κ2) is 5.15. The minimum atomic E-state index is 0.643. The number of halogens is 1. The van der Waals surface area contributed by atoms with Crippen LogP contribution >= 0.6 is 15.9 Å². The molecule has 0 atom stereocenters. The molecule has 2 rings (SSSR count). The van der Waals surface area contributed by atoms with Gasteiger partial charge >= 0.3 is 0 Å². The second-order valence-corrected chi connectivity index (χ2v) is 4.55. The number of carbonyl (C=O) groups excluding carboxylic acids is 1. The Bertz CT molecular complexity index is 532. The zero-order valence-corrected chi connectivity index (χ0v) is 10.9. The van der Waals surface area contributed by atoms with Crippen molar-refractivity contribution in [1.29, 1.82) is 0 Å². The van der Waals surface area contributed by atoms with Crippen molar-refractivity contribution in [1.82, 2.24) is 0 Å². The maximum Gasteiger partial charge on any atom is 0.150 e. The summed E-state index contributed by atoms with van der Waals surface area (Å²) in [5.41, 5.74) is 1.76. The van der Waals surface area contributed by atoms with Gasteiger partial charge in [0.25, 0.3) is 0 Å². The Labute approximate surface area is 108 Å². The zero-order chi connectivity index (χ0) is 12.3. The van der Waals surface area contributed by atoms with Gasteiger partial charge in [-0.3, -0.25) is 4.79 Å². The van der Waals surface area contributed by atoms with E-state index in [9.17, 15) is 4.79 Å². The molecule has 0 aromatic heterocycles. The SMILES string of the molecule is Cc1cc(Oc2ccc(C=O)cc2)ccc1Br. The van der Waals surface area contributed by atoms with Gasteiger partial charge in [-0.2, -0.15) is 0 Å². The van der Waals surface area contributed by atoms with E-state index in [1.165, 1.54) is 0 Å². The molecule has 2 aromatic carbocycles. The van der Waals surface area contributed by atoms with E-state index >= 15 is 0 Å². The number of hydrogen-bond acceptors (Lipinski definition) is 2. The van der Waals surface area contributed by atoms with Gasteiger partial charge < -0.3 is 4.74 Å². The van der Waals surface area contributed by atoms with Crippen LogP contribution in [0.15, 0.2) is 46.9 Å². The van der Waals surface area contributed by atoms with Crippen LogP contribution in [0.3, 0.4) is 0 Å². The molecule has 3 heteroatoms. The van der Waals surface area contributed by atoms with Crippen LogP contribution in [0, 0.1) is 6.92 Å². The van der Waals surface area contributed by atoms with Crippen molar-refractivity contribution in [3.63, 3.8) is 0 Å². The minimum absolute atomic E-state index is 0.643. The van der Waals surface area contributed by atoms with E-state index in [-0.39, 0.29) is 0 Å². The quantitative estimate of drug-likeness (QED) is 0.785. The van der Waals surface area contributed by atoms with Crippen LogP contribution in [-0.4, -0.2) is 6.29 Å². The molecule has 17 heavy (non-hydrogen) atoms. The van der Waals surface area contributed by atoms with Crippen molar-refractivity contribution in [2.24, 2.45) is 0 Å². The molecule has 0 radical (unpaired) electrons. The molecule has 0 aliphatic carbocycles. The van der Waals surface area contributed by atoms with Crippen molar-refractivity contribution in [2.75, 3.05) is 0 Å². The topological polar surface area (TPSA) is 26.3 Å². The normalized spacial score (nSPS) is 10.0. The number of rotatable bonds is 3. The Balaban J connectivity index is 2.19. The predicted octanol–water partition coefficient (Wildman–Crippen LogP) is 4.36. The van der Waals surface area contributed by atoms with Crippen LogP contribution in [0.4, 0.5) is 0 Å². The lowest BCUT2D eigenvalue weighted by Crippen LogP contribution is -1.86. The van der Waals surface area contributed by atoms with Gasteiger partial charge in [-0.1, -0.05) is 15.9 Å². The summed E-state index contributed by atoms with van der Waals surface area (Å²) in [5, 5.41) is 0. The van der Waals surface area contributed by atoms with E-state index in [0.717, 1.165) is 27.8 Å². The maximum absolute atomic E-state index is 10.5. The third-order valence-corrected chi connectivity index (χ3v) is 3.27. The van der Waals surface area contributed by atoms with Crippen LogP contribution < -0.4 is 4.74 Å². The summed E-state index contributed by atoms with van der Waals surface area (Å²) in [6, 6.07) is 12.8. The summed E-state index contributed by atoms with van der Waals surface area (Å²) >= 11 is 3.44. The predicted molar refractivity (Wildman–Crippen MR) is 70.8 cm³/mol. The van der Waals surface area contributed by atoms with Crippen molar-refractivity contribution in [3.05, 3.63) is 58.1 Å². The second-order valence-electron chi connectivity index (χ2n) is 3.70. The number of carbonyl (C=O) groups is 1. The summed E-state index contributed by atoms with van der Waals surface area (Å²) in [4.78, 5) is 10.5. The van der Waals surface area contributed by atoms with E-state index in [1.807, 2.05) is 25.1 Å². The molecule has 0 bridgehead atoms. The maximum atomic E-state index is 10.5. The first-order valence-electron chi connectivity index (χ1n) is 5.18. The summed E-state index contributed by atoms with van der Waals surface area (Å²) in [7, 11) is 0. The highest BCUT2D eigenvalue weighted by molar-refractivity contribution is 9.10. The van der Waals surface area contributed by atoms with Gasteiger partial charge in [0.15, 0.2) is 0 Å². The Kier molecular flexibility index (Phi) is 3.59. The molecule has 0 spiro atoms. The molecule has 0 aliphatic heterocycles. The van der Waals surface area contributed by atoms with Gasteiger partial charge in [-0.05, 0) is 55.0 Å². The molecule has 0 unspecified atom stereocenters. The lowest BCUT2D eigenvalue weighted by molar-refractivity contribution is 0.112. The molecule has 0 saturated carbocycles. The average Bonchev–Trinajstić information content (AvgIpc) is 2.35. The molecular weight excluding hydrogens is 280 g/mol. The van der Waals surface area contributed by atoms with Gasteiger partial charge in [0, 0.05) is 10.0 Å². The molecule has 2 nitrogen and oxygen atoms in total. The molecule has 0 N–H and O–H groups in total. The number of ether oxygens (including phenoxy) is 1. The fourth-order valence-electron chi connectivity index (χ4n) is 1.43. The molecule has 0 saturated heterocycles. The Morgan fingerprint density at radius 3 is 2.29 bits per heavy atom. The largest absolute Gasteiger partial charge is 0.457 e. The van der Waals surface area contributed by atoms with E-state index in [0.29, 0.717) is 5.56 Å². The molecule has 0 amide bonds. The lowest BCUT2D eigenvalue weighted by Gasteiger charge is -2.07. The Hall–Kier alpha value is -1.61. The molecule has 86 valence electrons. The highest BCUT2D eigenvalue weighted by atomic mass is 79.9. The van der Waals surface area contributed by atoms with Gasteiger partial charge in [0.2, 0.25) is 0 Å². The van der Waals surface area contributed by atoms with Crippen molar-refractivity contribution >= 4 is 22.2 Å². The zero-order valence-electron chi connectivity index (χ0n) is 9.31. The first-order chi connectivity index (χ1) is 8.19. The summed E-state index contributed by atoms with van der Waals surface area (Å²) in [6.45, 7) is 2.01. The fraction of sp³-hybridized carbons (Fsp3) is 0.0714. The fourth-order valence-corrected chi connectivity index (χ4v) is 1.68. The number of aldehydes is 1. The van der Waals surface area contributed by atoms with Crippen molar-refractivity contribution in [3.8, 4) is 11.5 Å². The molecule has 0 aliphatic rings. The van der Waals surface area contributed by atoms with Crippen LogP contribution in [0.5, 0.6) is 11.5 Å². The number of aryl methyl sites for hydroxylation is 1. The van der Waals surface area contributed by atoms with Gasteiger partial charge in [-0.25, -0.2) is 0 Å². The van der Waals surface area contributed by atoms with Gasteiger partial charge in [0.1, 0.15) is 17.8 Å². The van der Waals surface area contributed by atoms with Crippen LogP contribution in [0.2, 0.25) is 0 Å². The third kappa shape index (κ3) is 2.94. The highest BCUT2D eigenvalue weighted by Crippen LogP contribution is 2.26. The Morgan fingerprint density at radius 2 is 1.71 bits per heavy atom. The first kappa shape index (κ1) is 11.9. The smallest absolute Gasteiger partial charge is 0.150 e. The standard InChI is InChI=1S/C14H11BrO2/c1-10-8-13(6-7-14(10)15)17-12-4-2-11(9-16)3-5-12/h2-9H,1H3. The van der Waals surface area contributed by atoms with Crippen LogP contribution in [0.1, 0.15) is 15.9 Å². The monoisotopic (exact) mass is 290 g/mol. The molecule has 0 heterocycles. The summed E-state index contributed by atoms with van der Waals surface area (Å²) in [5.74, 6) is 1.50. The van der Waals surface area contributed by atoms with E-state index in [2.05, 4.69) is 15.9 Å². The molecule has 2 aromatic rings. The third-order valence-electron chi connectivity index (χ3n) is 2.38. The van der Waals surface area contributed by atoms with Gasteiger partial charge in [-0.15, -0.1) is 0 Å². The van der Waals surface area contributed by atoms with E-state index in [4.69, 9.17) is 4.74 Å². The van der Waals surface area contributed by atoms with Gasteiger partial charge in [0.05, 0.1) is 0 Å². The molecular formula is C14H11BrO2. The summed E-state index contributed by atoms with van der Waals surface area (Å²) < 4.78 is 6.73. The van der Waals surface area contributed by atoms with Crippen LogP contribution in [-0.2, 0) is 0 Å². The lowest BCUT2D eigenvalue weighted by atomic mass is 10.2. The average molecular weight is 291 g/mol. The molecule has 0 fully saturated rings. The first-order valence-corrected chi connectivity index (χ1v) is 5.97. The van der Waals surface area contributed by atoms with Crippen LogP contribution in [0.25, 0.3) is 0 Å². The number of benzene rings is 2. The van der Waals surface area contributed by atoms with E-state index in [1.54, 1.807) is 24.3 Å². The Morgan fingerprint density at radius 1 is 1.06 bits per heavy atom. The number of hydrogen-bond donors (Lipinski definition) is 0. The van der Waals surface area contributed by atoms with Crippen molar-refractivity contribution < 1.29 is 9.53 Å². The van der Waals surface area contributed by atoms with Crippen molar-refractivity contribution in [2.45, 2.75) is 6.92 Å². The highest BCUT2D eigenvalue weighted by Gasteiger charge is 2.00. The summed E-state index contributed by atoms with van der Waals surface area (Å²) in [6.07, 6.45) is 0.813. The minimum Gasteiger partial charge on any atom is -0.457 e. The van der Waals surface area contributed by atoms with E-state index < -0.39 is 0 Å².